The normalized spacial score (nSPS) is 22.0. The van der Waals surface area contributed by atoms with Gasteiger partial charge in [0, 0.05) is 6.04 Å². The van der Waals surface area contributed by atoms with E-state index in [-0.39, 0.29) is 11.5 Å². The van der Waals surface area contributed by atoms with Gasteiger partial charge in [0.25, 0.3) is 0 Å². The molecule has 0 radical (unpaired) electrons. The molecule has 4 heteroatoms. The molecule has 2 aliphatic heterocycles. The third-order valence-corrected chi connectivity index (χ3v) is 5.81. The van der Waals surface area contributed by atoms with E-state index in [0.717, 1.165) is 57.4 Å². The van der Waals surface area contributed by atoms with Crippen LogP contribution >= 0.6 is 0 Å². The monoisotopic (exact) mass is 344 g/mol. The zero-order valence-corrected chi connectivity index (χ0v) is 15.7. The Kier molecular flexibility index (Phi) is 6.00. The highest BCUT2D eigenvalue weighted by Gasteiger charge is 2.42. The van der Waals surface area contributed by atoms with Gasteiger partial charge in [0.1, 0.15) is 12.4 Å². The molecule has 1 N–H and O–H groups in total. The fourth-order valence-electron chi connectivity index (χ4n) is 4.26. The van der Waals surface area contributed by atoms with Crippen LogP contribution in [0.5, 0.6) is 5.75 Å². The quantitative estimate of drug-likeness (QED) is 0.849. The van der Waals surface area contributed by atoms with Crippen LogP contribution in [-0.2, 0) is 11.2 Å². The number of piperidine rings is 1. The van der Waals surface area contributed by atoms with E-state index in [1.165, 1.54) is 5.56 Å². The molecule has 1 aromatic rings. The van der Waals surface area contributed by atoms with E-state index in [0.29, 0.717) is 19.1 Å². The topological polar surface area (TPSA) is 41.6 Å². The molecule has 0 aliphatic carbocycles. The summed E-state index contributed by atoms with van der Waals surface area (Å²) in [5.41, 5.74) is 1.12. The van der Waals surface area contributed by atoms with Gasteiger partial charge in [-0.15, -0.1) is 0 Å². The Morgan fingerprint density at radius 2 is 1.88 bits per heavy atom. The number of ether oxygens (including phenoxy) is 1. The molecular weight excluding hydrogens is 312 g/mol. The fourth-order valence-corrected chi connectivity index (χ4v) is 4.26. The summed E-state index contributed by atoms with van der Waals surface area (Å²) in [4.78, 5) is 15.5. The van der Waals surface area contributed by atoms with Crippen LogP contribution in [-0.4, -0.2) is 43.1 Å². The lowest BCUT2D eigenvalue weighted by molar-refractivity contribution is -0.146. The first-order valence-electron chi connectivity index (χ1n) is 9.85. The summed E-state index contributed by atoms with van der Waals surface area (Å²) in [6.45, 7) is 7.38. The number of hydrogen-bond acceptors (Lipinski definition) is 3. The Hall–Kier alpha value is -1.55. The van der Waals surface area contributed by atoms with Gasteiger partial charge in [-0.05, 0) is 70.7 Å². The van der Waals surface area contributed by atoms with E-state index in [2.05, 4.69) is 42.3 Å². The number of para-hydroxylation sites is 1. The van der Waals surface area contributed by atoms with Crippen molar-refractivity contribution in [1.29, 1.82) is 0 Å². The molecule has 0 unspecified atom stereocenters. The minimum atomic E-state index is -0.172. The lowest BCUT2D eigenvalue weighted by Crippen LogP contribution is -2.52. The standard InChI is InChI=1S/C21H32N2O2/c1-17(2)23-15-16-25-19-9-4-3-7-18(19)8-5-6-10-21(20(23)24)11-13-22-14-12-21/h3-4,7,9,17,22H,5-6,8,10-16H2,1-2H3. The molecule has 2 heterocycles. The van der Waals surface area contributed by atoms with Crippen molar-refractivity contribution in [2.75, 3.05) is 26.2 Å². The molecule has 0 bridgehead atoms. The van der Waals surface area contributed by atoms with E-state index in [1.54, 1.807) is 0 Å². The van der Waals surface area contributed by atoms with Gasteiger partial charge in [0.15, 0.2) is 0 Å². The summed E-state index contributed by atoms with van der Waals surface area (Å²) in [6.07, 6.45) is 6.20. The molecule has 0 atom stereocenters. The SMILES string of the molecule is CC(C)N1CCOc2ccccc2CCCCC2(CCNCC2)C1=O. The molecule has 1 fully saturated rings. The Morgan fingerprint density at radius 1 is 1.12 bits per heavy atom. The molecule has 1 saturated heterocycles. The van der Waals surface area contributed by atoms with Gasteiger partial charge in [0.2, 0.25) is 5.91 Å². The predicted molar refractivity (Wildman–Crippen MR) is 101 cm³/mol. The fraction of sp³-hybridized carbons (Fsp3) is 0.667. The van der Waals surface area contributed by atoms with Crippen molar-refractivity contribution >= 4 is 5.91 Å². The first-order valence-corrected chi connectivity index (χ1v) is 9.85. The average Bonchev–Trinajstić information content (AvgIpc) is 2.62. The molecule has 0 saturated carbocycles. The lowest BCUT2D eigenvalue weighted by atomic mass is 9.73. The maximum atomic E-state index is 13.5. The largest absolute Gasteiger partial charge is 0.491 e. The highest BCUT2D eigenvalue weighted by Crippen LogP contribution is 2.38. The van der Waals surface area contributed by atoms with Gasteiger partial charge in [-0.2, -0.15) is 0 Å². The minimum Gasteiger partial charge on any atom is -0.491 e. The number of benzene rings is 1. The summed E-state index contributed by atoms with van der Waals surface area (Å²) >= 11 is 0. The number of rotatable bonds is 1. The van der Waals surface area contributed by atoms with Gasteiger partial charge in [-0.1, -0.05) is 24.6 Å². The molecule has 3 rings (SSSR count). The summed E-state index contributed by atoms with van der Waals surface area (Å²) in [5.74, 6) is 1.33. The van der Waals surface area contributed by atoms with Crippen molar-refractivity contribution in [2.45, 2.75) is 58.4 Å². The molecule has 138 valence electrons. The molecular formula is C21H32N2O2. The van der Waals surface area contributed by atoms with Crippen molar-refractivity contribution in [3.63, 3.8) is 0 Å². The van der Waals surface area contributed by atoms with Crippen molar-refractivity contribution in [2.24, 2.45) is 5.41 Å². The third-order valence-electron chi connectivity index (χ3n) is 5.81. The van der Waals surface area contributed by atoms with Gasteiger partial charge in [-0.3, -0.25) is 4.79 Å². The first-order chi connectivity index (χ1) is 12.1. The number of carbonyl (C=O) groups is 1. The number of aryl methyl sites for hydroxylation is 1. The van der Waals surface area contributed by atoms with Crippen LogP contribution in [0.3, 0.4) is 0 Å². The van der Waals surface area contributed by atoms with Crippen molar-refractivity contribution in [1.82, 2.24) is 10.2 Å². The Bertz CT molecular complexity index is 579. The smallest absolute Gasteiger partial charge is 0.229 e. The maximum absolute atomic E-state index is 13.5. The molecule has 1 spiro atoms. The van der Waals surface area contributed by atoms with Gasteiger partial charge in [0.05, 0.1) is 12.0 Å². The summed E-state index contributed by atoms with van der Waals surface area (Å²) in [7, 11) is 0. The van der Waals surface area contributed by atoms with Crippen LogP contribution in [0.15, 0.2) is 24.3 Å². The van der Waals surface area contributed by atoms with Crippen LogP contribution in [0.4, 0.5) is 0 Å². The molecule has 1 aromatic carbocycles. The van der Waals surface area contributed by atoms with Crippen LogP contribution < -0.4 is 10.1 Å². The molecule has 0 aromatic heterocycles. The van der Waals surface area contributed by atoms with Crippen molar-refractivity contribution < 1.29 is 9.53 Å². The van der Waals surface area contributed by atoms with E-state index >= 15 is 0 Å². The Balaban J connectivity index is 1.83. The summed E-state index contributed by atoms with van der Waals surface area (Å²) in [6, 6.07) is 8.55. The maximum Gasteiger partial charge on any atom is 0.229 e. The van der Waals surface area contributed by atoms with Gasteiger partial charge in [-0.25, -0.2) is 0 Å². The van der Waals surface area contributed by atoms with Crippen molar-refractivity contribution in [3.05, 3.63) is 29.8 Å². The minimum absolute atomic E-state index is 0.172. The third kappa shape index (κ3) is 4.17. The van der Waals surface area contributed by atoms with E-state index < -0.39 is 0 Å². The van der Waals surface area contributed by atoms with Crippen LogP contribution in [0.1, 0.15) is 51.5 Å². The van der Waals surface area contributed by atoms with Crippen molar-refractivity contribution in [3.8, 4) is 5.75 Å². The Labute approximate surface area is 151 Å². The average molecular weight is 344 g/mol. The Morgan fingerprint density at radius 3 is 2.64 bits per heavy atom. The highest BCUT2D eigenvalue weighted by atomic mass is 16.5. The van der Waals surface area contributed by atoms with E-state index in [4.69, 9.17) is 4.74 Å². The summed E-state index contributed by atoms with van der Waals surface area (Å²) < 4.78 is 6.06. The molecule has 4 nitrogen and oxygen atoms in total. The van der Waals surface area contributed by atoms with Gasteiger partial charge >= 0.3 is 0 Å². The van der Waals surface area contributed by atoms with Crippen LogP contribution in [0.25, 0.3) is 0 Å². The highest BCUT2D eigenvalue weighted by molar-refractivity contribution is 5.83. The zero-order chi connectivity index (χ0) is 17.7. The predicted octanol–water partition coefficient (Wildman–Crippen LogP) is 3.40. The van der Waals surface area contributed by atoms with Gasteiger partial charge < -0.3 is 15.0 Å². The summed E-state index contributed by atoms with van der Waals surface area (Å²) in [5, 5.41) is 3.42. The van der Waals surface area contributed by atoms with E-state index in [1.807, 2.05) is 6.07 Å². The van der Waals surface area contributed by atoms with Crippen LogP contribution in [0.2, 0.25) is 0 Å². The first kappa shape index (κ1) is 18.2. The number of amides is 1. The molecule has 25 heavy (non-hydrogen) atoms. The van der Waals surface area contributed by atoms with Crippen LogP contribution in [0, 0.1) is 5.41 Å². The number of carbonyl (C=O) groups excluding carboxylic acids is 1. The number of fused-ring (bicyclic) bond motifs is 1. The lowest BCUT2D eigenvalue weighted by Gasteiger charge is -2.42. The number of nitrogens with one attached hydrogen (secondary N) is 1. The second-order valence-corrected chi connectivity index (χ2v) is 7.79. The number of nitrogens with zero attached hydrogens (tertiary/aromatic N) is 1. The zero-order valence-electron chi connectivity index (χ0n) is 15.7. The second kappa shape index (κ2) is 8.22. The van der Waals surface area contributed by atoms with E-state index in [9.17, 15) is 4.79 Å². The molecule has 1 amide bonds. The number of hydrogen-bond donors (Lipinski definition) is 1. The second-order valence-electron chi connectivity index (χ2n) is 7.79. The molecule has 2 aliphatic rings.